The van der Waals surface area contributed by atoms with E-state index in [9.17, 15) is 4.39 Å². The lowest BCUT2D eigenvalue weighted by molar-refractivity contribution is 0.624. The summed E-state index contributed by atoms with van der Waals surface area (Å²) < 4.78 is 13.0. The van der Waals surface area contributed by atoms with E-state index in [1.54, 1.807) is 23.9 Å². The Morgan fingerprint density at radius 1 is 1.47 bits per heavy atom. The number of rotatable bonds is 6. The molecule has 0 aliphatic rings. The quantitative estimate of drug-likeness (QED) is 0.610. The number of thioether (sulfide) groups is 1. The molecule has 1 unspecified atom stereocenters. The van der Waals surface area contributed by atoms with Gasteiger partial charge in [0.2, 0.25) is 0 Å². The summed E-state index contributed by atoms with van der Waals surface area (Å²) in [6, 6.07) is 7.09. The van der Waals surface area contributed by atoms with Gasteiger partial charge in [-0.3, -0.25) is 0 Å². The van der Waals surface area contributed by atoms with Gasteiger partial charge in [0.1, 0.15) is 5.82 Å². The van der Waals surface area contributed by atoms with Gasteiger partial charge in [-0.1, -0.05) is 24.6 Å². The highest BCUT2D eigenvalue weighted by Gasteiger charge is 2.05. The Balaban J connectivity index is 2.54. The Kier molecular flexibility index (Phi) is 6.30. The van der Waals surface area contributed by atoms with Gasteiger partial charge in [0.05, 0.1) is 0 Å². The third kappa shape index (κ3) is 5.89. The van der Waals surface area contributed by atoms with E-state index in [1.807, 2.05) is 6.07 Å². The van der Waals surface area contributed by atoms with Gasteiger partial charge < -0.3 is 5.32 Å². The molecule has 0 bridgehead atoms. The van der Waals surface area contributed by atoms with E-state index >= 15 is 0 Å². The Labute approximate surface area is 107 Å². The molecule has 1 aromatic carbocycles. The zero-order valence-corrected chi connectivity index (χ0v) is 11.5. The summed E-state index contributed by atoms with van der Waals surface area (Å²) in [4.78, 5) is 0.982. The Hall–Kier alpha value is -0.800. The van der Waals surface area contributed by atoms with E-state index in [4.69, 9.17) is 0 Å². The topological polar surface area (TPSA) is 12.0 Å². The van der Waals surface area contributed by atoms with Gasteiger partial charge in [0.25, 0.3) is 0 Å². The molecule has 0 saturated heterocycles. The van der Waals surface area contributed by atoms with E-state index < -0.39 is 0 Å². The minimum atomic E-state index is -0.169. The molecule has 17 heavy (non-hydrogen) atoms. The molecule has 1 aromatic rings. The molecule has 0 amide bonds. The molecule has 0 heterocycles. The van der Waals surface area contributed by atoms with Gasteiger partial charge in [-0.2, -0.15) is 0 Å². The van der Waals surface area contributed by atoms with Crippen LogP contribution in [0.25, 0.3) is 0 Å². The first-order chi connectivity index (χ1) is 8.11. The molecule has 1 rings (SSSR count). The largest absolute Gasteiger partial charge is 0.310 e. The molecule has 0 aromatic heterocycles. The standard InChI is InChI=1S/C14H20FNS/c1-4-16-13(8-11(2)3)10-17-14-7-5-6-12(15)9-14/h5-9,13,16H,4,10H2,1-3H3. The average molecular weight is 253 g/mol. The van der Waals surface area contributed by atoms with Crippen LogP contribution in [0.15, 0.2) is 40.8 Å². The van der Waals surface area contributed by atoms with Crippen molar-refractivity contribution < 1.29 is 4.39 Å². The van der Waals surface area contributed by atoms with E-state index in [1.165, 1.54) is 11.6 Å². The van der Waals surface area contributed by atoms with Crippen LogP contribution in [0.3, 0.4) is 0 Å². The van der Waals surface area contributed by atoms with Crippen LogP contribution in [0.1, 0.15) is 20.8 Å². The van der Waals surface area contributed by atoms with Crippen molar-refractivity contribution in [2.45, 2.75) is 31.7 Å². The van der Waals surface area contributed by atoms with Crippen molar-refractivity contribution in [3.63, 3.8) is 0 Å². The highest BCUT2D eigenvalue weighted by atomic mass is 32.2. The van der Waals surface area contributed by atoms with Crippen LogP contribution in [0.2, 0.25) is 0 Å². The van der Waals surface area contributed by atoms with E-state index in [-0.39, 0.29) is 5.82 Å². The fourth-order valence-corrected chi connectivity index (χ4v) is 2.53. The van der Waals surface area contributed by atoms with Crippen LogP contribution >= 0.6 is 11.8 Å². The molecule has 0 spiro atoms. The molecular weight excluding hydrogens is 233 g/mol. The second-order valence-corrected chi connectivity index (χ2v) is 5.27. The number of benzene rings is 1. The molecular formula is C14H20FNS. The van der Waals surface area contributed by atoms with Crippen molar-refractivity contribution in [1.82, 2.24) is 5.32 Å². The average Bonchev–Trinajstić information content (AvgIpc) is 2.26. The van der Waals surface area contributed by atoms with Crippen LogP contribution in [0.4, 0.5) is 4.39 Å². The van der Waals surface area contributed by atoms with Crippen molar-refractivity contribution in [3.8, 4) is 0 Å². The number of hydrogen-bond acceptors (Lipinski definition) is 2. The molecule has 0 saturated carbocycles. The smallest absolute Gasteiger partial charge is 0.124 e. The number of hydrogen-bond donors (Lipinski definition) is 1. The molecule has 0 radical (unpaired) electrons. The summed E-state index contributed by atoms with van der Waals surface area (Å²) in [6.07, 6.45) is 2.22. The zero-order chi connectivity index (χ0) is 12.7. The van der Waals surface area contributed by atoms with Crippen molar-refractivity contribution in [3.05, 3.63) is 41.7 Å². The lowest BCUT2D eigenvalue weighted by Crippen LogP contribution is -2.29. The predicted molar refractivity (Wildman–Crippen MR) is 74.0 cm³/mol. The SMILES string of the molecule is CCNC(C=C(C)C)CSc1cccc(F)c1. The molecule has 94 valence electrons. The Morgan fingerprint density at radius 3 is 2.82 bits per heavy atom. The monoisotopic (exact) mass is 253 g/mol. The van der Waals surface area contributed by atoms with Crippen LogP contribution in [0.5, 0.6) is 0 Å². The highest BCUT2D eigenvalue weighted by Crippen LogP contribution is 2.20. The first-order valence-electron chi connectivity index (χ1n) is 5.88. The first-order valence-corrected chi connectivity index (χ1v) is 6.87. The van der Waals surface area contributed by atoms with E-state index in [0.717, 1.165) is 17.2 Å². The third-order valence-corrected chi connectivity index (χ3v) is 3.34. The maximum absolute atomic E-state index is 13.0. The van der Waals surface area contributed by atoms with Crippen molar-refractivity contribution in [2.75, 3.05) is 12.3 Å². The summed E-state index contributed by atoms with van der Waals surface area (Å²) in [6.45, 7) is 7.23. The Bertz CT molecular complexity index is 372. The van der Waals surface area contributed by atoms with Crippen molar-refractivity contribution in [1.29, 1.82) is 0 Å². The fourth-order valence-electron chi connectivity index (χ4n) is 1.57. The third-order valence-electron chi connectivity index (χ3n) is 2.23. The van der Waals surface area contributed by atoms with Gasteiger partial charge in [-0.15, -0.1) is 11.8 Å². The van der Waals surface area contributed by atoms with Crippen LogP contribution in [0, 0.1) is 5.82 Å². The normalized spacial score (nSPS) is 12.2. The number of halogens is 1. The van der Waals surface area contributed by atoms with Crippen LogP contribution < -0.4 is 5.32 Å². The summed E-state index contributed by atoms with van der Waals surface area (Å²) in [7, 11) is 0. The number of nitrogens with one attached hydrogen (secondary N) is 1. The summed E-state index contributed by atoms with van der Waals surface area (Å²) in [5.41, 5.74) is 1.30. The molecule has 0 fully saturated rings. The van der Waals surface area contributed by atoms with Crippen LogP contribution in [-0.2, 0) is 0 Å². The van der Waals surface area contributed by atoms with Crippen molar-refractivity contribution >= 4 is 11.8 Å². The molecule has 1 atom stereocenters. The summed E-state index contributed by atoms with van der Waals surface area (Å²) in [5, 5.41) is 3.41. The lowest BCUT2D eigenvalue weighted by Gasteiger charge is -2.14. The molecule has 3 heteroatoms. The zero-order valence-electron chi connectivity index (χ0n) is 10.7. The first kappa shape index (κ1) is 14.3. The molecule has 1 nitrogen and oxygen atoms in total. The number of likely N-dealkylation sites (N-methyl/N-ethyl adjacent to an activating group) is 1. The summed E-state index contributed by atoms with van der Waals surface area (Å²) >= 11 is 1.68. The van der Waals surface area contributed by atoms with E-state index in [2.05, 4.69) is 32.2 Å². The second kappa shape index (κ2) is 7.51. The molecule has 0 aliphatic heterocycles. The van der Waals surface area contributed by atoms with Gasteiger partial charge in [-0.05, 0) is 38.6 Å². The fraction of sp³-hybridized carbons (Fsp3) is 0.429. The van der Waals surface area contributed by atoms with Crippen LogP contribution in [-0.4, -0.2) is 18.3 Å². The van der Waals surface area contributed by atoms with Gasteiger partial charge in [0, 0.05) is 16.7 Å². The lowest BCUT2D eigenvalue weighted by atomic mass is 10.2. The Morgan fingerprint density at radius 2 is 2.24 bits per heavy atom. The van der Waals surface area contributed by atoms with Gasteiger partial charge in [0.15, 0.2) is 0 Å². The predicted octanol–water partition coefficient (Wildman–Crippen LogP) is 3.86. The maximum atomic E-state index is 13.0. The minimum absolute atomic E-state index is 0.169. The highest BCUT2D eigenvalue weighted by molar-refractivity contribution is 7.99. The second-order valence-electron chi connectivity index (χ2n) is 4.18. The van der Waals surface area contributed by atoms with E-state index in [0.29, 0.717) is 6.04 Å². The minimum Gasteiger partial charge on any atom is -0.310 e. The van der Waals surface area contributed by atoms with Gasteiger partial charge >= 0.3 is 0 Å². The molecule has 1 N–H and O–H groups in total. The van der Waals surface area contributed by atoms with Gasteiger partial charge in [-0.25, -0.2) is 4.39 Å². The maximum Gasteiger partial charge on any atom is 0.124 e. The number of allylic oxidation sites excluding steroid dienone is 1. The molecule has 0 aliphatic carbocycles. The van der Waals surface area contributed by atoms with Crippen molar-refractivity contribution in [2.24, 2.45) is 0 Å². The summed E-state index contributed by atoms with van der Waals surface area (Å²) in [5.74, 6) is 0.750.